The van der Waals surface area contributed by atoms with Crippen LogP contribution in [0.25, 0.3) is 0 Å². The van der Waals surface area contributed by atoms with Crippen molar-refractivity contribution in [3.05, 3.63) is 21.6 Å². The summed E-state index contributed by atoms with van der Waals surface area (Å²) in [6.45, 7) is 2.01. The van der Waals surface area contributed by atoms with Crippen LogP contribution in [0.5, 0.6) is 0 Å². The number of rotatable bonds is 1. The SMILES string of the molecule is CN1Cc2oc(C3CC3)c(Br)c2C1. The molecule has 1 aliphatic heterocycles. The molecule has 0 amide bonds. The molecule has 1 fully saturated rings. The molecular weight excluding hydrogens is 230 g/mol. The quantitative estimate of drug-likeness (QED) is 0.752. The number of fused-ring (bicyclic) bond motifs is 1. The Morgan fingerprint density at radius 2 is 2.15 bits per heavy atom. The predicted molar refractivity (Wildman–Crippen MR) is 53.6 cm³/mol. The third-order valence-corrected chi connectivity index (χ3v) is 3.71. The standard InChI is InChI=1S/C10H12BrNO/c1-12-4-7-8(5-12)13-10(9(7)11)6-2-3-6/h6H,2-5H2,1H3. The zero-order valence-corrected chi connectivity index (χ0v) is 9.23. The molecule has 1 saturated carbocycles. The second-order valence-electron chi connectivity index (χ2n) is 4.13. The Labute approximate surface area is 86.0 Å². The zero-order valence-electron chi connectivity index (χ0n) is 7.64. The summed E-state index contributed by atoms with van der Waals surface area (Å²) in [5, 5.41) is 0. The lowest BCUT2D eigenvalue weighted by Crippen LogP contribution is -2.08. The minimum absolute atomic E-state index is 0.713. The normalized spacial score (nSPS) is 22.3. The Kier molecular flexibility index (Phi) is 1.62. The van der Waals surface area contributed by atoms with E-state index in [1.807, 2.05) is 0 Å². The molecule has 1 aromatic heterocycles. The molecule has 0 radical (unpaired) electrons. The Morgan fingerprint density at radius 1 is 1.38 bits per heavy atom. The van der Waals surface area contributed by atoms with Gasteiger partial charge in [0.05, 0.1) is 11.0 Å². The van der Waals surface area contributed by atoms with Crippen molar-refractivity contribution >= 4 is 15.9 Å². The topological polar surface area (TPSA) is 16.4 Å². The number of halogens is 1. The molecule has 0 atom stereocenters. The Hall–Kier alpha value is -0.280. The molecular formula is C10H12BrNO. The maximum absolute atomic E-state index is 5.86. The van der Waals surface area contributed by atoms with E-state index in [1.54, 1.807) is 0 Å². The molecule has 1 aromatic rings. The predicted octanol–water partition coefficient (Wildman–Crippen LogP) is 2.86. The van der Waals surface area contributed by atoms with Gasteiger partial charge in [-0.15, -0.1) is 0 Å². The minimum Gasteiger partial charge on any atom is -0.463 e. The number of hydrogen-bond acceptors (Lipinski definition) is 2. The maximum Gasteiger partial charge on any atom is 0.123 e. The second-order valence-corrected chi connectivity index (χ2v) is 4.92. The van der Waals surface area contributed by atoms with Gasteiger partial charge in [-0.25, -0.2) is 0 Å². The number of hydrogen-bond donors (Lipinski definition) is 0. The Morgan fingerprint density at radius 3 is 2.77 bits per heavy atom. The Balaban J connectivity index is 2.04. The van der Waals surface area contributed by atoms with Crippen LogP contribution in [0.3, 0.4) is 0 Å². The van der Waals surface area contributed by atoms with Crippen LogP contribution in [-0.4, -0.2) is 11.9 Å². The van der Waals surface area contributed by atoms with Gasteiger partial charge in [0.1, 0.15) is 11.5 Å². The van der Waals surface area contributed by atoms with Crippen LogP contribution in [0.1, 0.15) is 35.8 Å². The lowest BCUT2D eigenvalue weighted by atomic mass is 10.2. The molecule has 0 spiro atoms. The van der Waals surface area contributed by atoms with Crippen molar-refractivity contribution in [2.75, 3.05) is 7.05 Å². The van der Waals surface area contributed by atoms with Gasteiger partial charge in [0.15, 0.2) is 0 Å². The second kappa shape index (κ2) is 2.61. The van der Waals surface area contributed by atoms with Crippen molar-refractivity contribution < 1.29 is 4.42 Å². The zero-order chi connectivity index (χ0) is 9.00. The highest BCUT2D eigenvalue weighted by Crippen LogP contribution is 2.47. The van der Waals surface area contributed by atoms with Crippen LogP contribution in [0, 0.1) is 0 Å². The van der Waals surface area contributed by atoms with Crippen molar-refractivity contribution in [3.8, 4) is 0 Å². The summed E-state index contributed by atoms with van der Waals surface area (Å²) >= 11 is 3.65. The lowest BCUT2D eigenvalue weighted by molar-refractivity contribution is 0.321. The molecule has 2 nitrogen and oxygen atoms in total. The van der Waals surface area contributed by atoms with Gasteiger partial charge in [0, 0.05) is 18.0 Å². The monoisotopic (exact) mass is 241 g/mol. The first-order chi connectivity index (χ1) is 6.25. The van der Waals surface area contributed by atoms with Crippen molar-refractivity contribution in [3.63, 3.8) is 0 Å². The fraction of sp³-hybridized carbons (Fsp3) is 0.600. The van der Waals surface area contributed by atoms with Crippen molar-refractivity contribution in [2.24, 2.45) is 0 Å². The molecule has 13 heavy (non-hydrogen) atoms. The van der Waals surface area contributed by atoms with E-state index in [1.165, 1.54) is 34.4 Å². The van der Waals surface area contributed by atoms with Gasteiger partial charge >= 0.3 is 0 Å². The maximum atomic E-state index is 5.86. The average Bonchev–Trinajstić information content (AvgIpc) is 2.79. The van der Waals surface area contributed by atoms with Crippen LogP contribution in [0.15, 0.2) is 8.89 Å². The fourth-order valence-electron chi connectivity index (χ4n) is 1.97. The summed E-state index contributed by atoms with van der Waals surface area (Å²) in [4.78, 5) is 2.27. The van der Waals surface area contributed by atoms with Crippen LogP contribution < -0.4 is 0 Å². The molecule has 0 aromatic carbocycles. The number of furan rings is 1. The summed E-state index contributed by atoms with van der Waals surface area (Å²) in [5.41, 5.74) is 1.38. The molecule has 0 saturated heterocycles. The minimum atomic E-state index is 0.713. The highest BCUT2D eigenvalue weighted by Gasteiger charge is 2.34. The van der Waals surface area contributed by atoms with E-state index in [4.69, 9.17) is 4.42 Å². The highest BCUT2D eigenvalue weighted by molar-refractivity contribution is 9.10. The van der Waals surface area contributed by atoms with E-state index in [0.29, 0.717) is 5.92 Å². The van der Waals surface area contributed by atoms with Crippen LogP contribution in [-0.2, 0) is 13.1 Å². The van der Waals surface area contributed by atoms with Gasteiger partial charge in [0.2, 0.25) is 0 Å². The van der Waals surface area contributed by atoms with Gasteiger partial charge in [-0.05, 0) is 35.8 Å². The molecule has 3 heteroatoms. The first-order valence-corrected chi connectivity index (χ1v) is 5.53. The van der Waals surface area contributed by atoms with Gasteiger partial charge < -0.3 is 4.42 Å². The summed E-state index contributed by atoms with van der Waals surface area (Å²) in [6.07, 6.45) is 2.61. The first kappa shape index (κ1) is 8.06. The average molecular weight is 242 g/mol. The van der Waals surface area contributed by atoms with E-state index in [2.05, 4.69) is 27.9 Å². The van der Waals surface area contributed by atoms with Gasteiger partial charge in [-0.3, -0.25) is 4.90 Å². The van der Waals surface area contributed by atoms with Crippen LogP contribution in [0.4, 0.5) is 0 Å². The van der Waals surface area contributed by atoms with E-state index in [9.17, 15) is 0 Å². The van der Waals surface area contributed by atoms with E-state index < -0.39 is 0 Å². The molecule has 1 aliphatic carbocycles. The van der Waals surface area contributed by atoms with Crippen molar-refractivity contribution in [2.45, 2.75) is 31.8 Å². The van der Waals surface area contributed by atoms with E-state index >= 15 is 0 Å². The van der Waals surface area contributed by atoms with Gasteiger partial charge in [-0.1, -0.05) is 0 Å². The summed E-state index contributed by atoms with van der Waals surface area (Å²) in [6, 6.07) is 0. The molecule has 3 rings (SSSR count). The Bertz CT molecular complexity index is 354. The van der Waals surface area contributed by atoms with E-state index in [-0.39, 0.29) is 0 Å². The first-order valence-electron chi connectivity index (χ1n) is 4.74. The van der Waals surface area contributed by atoms with E-state index in [0.717, 1.165) is 13.1 Å². The van der Waals surface area contributed by atoms with Crippen molar-refractivity contribution in [1.29, 1.82) is 0 Å². The molecule has 0 N–H and O–H groups in total. The molecule has 2 aliphatic rings. The third kappa shape index (κ3) is 1.17. The van der Waals surface area contributed by atoms with Crippen molar-refractivity contribution in [1.82, 2.24) is 4.90 Å². The molecule has 70 valence electrons. The smallest absolute Gasteiger partial charge is 0.123 e. The highest BCUT2D eigenvalue weighted by atomic mass is 79.9. The third-order valence-electron chi connectivity index (χ3n) is 2.84. The van der Waals surface area contributed by atoms with Gasteiger partial charge in [-0.2, -0.15) is 0 Å². The molecule has 0 unspecified atom stereocenters. The van der Waals surface area contributed by atoms with Crippen LogP contribution in [0.2, 0.25) is 0 Å². The molecule has 0 bridgehead atoms. The van der Waals surface area contributed by atoms with Gasteiger partial charge in [0.25, 0.3) is 0 Å². The summed E-state index contributed by atoms with van der Waals surface area (Å²) in [5.74, 6) is 3.10. The lowest BCUT2D eigenvalue weighted by Gasteiger charge is -2.05. The molecule has 2 heterocycles. The largest absolute Gasteiger partial charge is 0.463 e. The van der Waals surface area contributed by atoms with Crippen LogP contribution >= 0.6 is 15.9 Å². The summed E-state index contributed by atoms with van der Waals surface area (Å²) < 4.78 is 7.11. The fourth-order valence-corrected chi connectivity index (χ4v) is 2.73. The number of nitrogens with zero attached hydrogens (tertiary/aromatic N) is 1. The summed E-state index contributed by atoms with van der Waals surface area (Å²) in [7, 11) is 2.12.